The molecular weight excluding hydrogens is 412 g/mol. The summed E-state index contributed by atoms with van der Waals surface area (Å²) in [6, 6.07) is 18.2. The van der Waals surface area contributed by atoms with Gasteiger partial charge in [0.15, 0.2) is 0 Å². The molecule has 3 heterocycles. The van der Waals surface area contributed by atoms with E-state index in [0.717, 1.165) is 38.9 Å². The minimum atomic E-state index is 0.0452. The molecule has 0 aliphatic carbocycles. The number of rotatable bonds is 4. The zero-order valence-corrected chi connectivity index (χ0v) is 18.8. The van der Waals surface area contributed by atoms with Gasteiger partial charge in [0.25, 0.3) is 5.91 Å². The summed E-state index contributed by atoms with van der Waals surface area (Å²) in [5, 5.41) is 1.05. The summed E-state index contributed by atoms with van der Waals surface area (Å²) in [5.74, 6) is 0.0452. The first-order valence-electron chi connectivity index (χ1n) is 11.0. The number of amides is 1. The van der Waals surface area contributed by atoms with Crippen LogP contribution in [0, 0.1) is 0 Å². The van der Waals surface area contributed by atoms with Gasteiger partial charge in [-0.25, -0.2) is 4.98 Å². The highest BCUT2D eigenvalue weighted by Crippen LogP contribution is 2.31. The van der Waals surface area contributed by atoms with Crippen molar-refractivity contribution >= 4 is 23.0 Å². The van der Waals surface area contributed by atoms with E-state index in [4.69, 9.17) is 4.74 Å². The second kappa shape index (κ2) is 10.3. The number of aromatic nitrogens is 2. The van der Waals surface area contributed by atoms with Gasteiger partial charge >= 0.3 is 0 Å². The highest BCUT2D eigenvalue weighted by molar-refractivity contribution is 5.98. The first kappa shape index (κ1) is 22.5. The van der Waals surface area contributed by atoms with Crippen molar-refractivity contribution in [2.45, 2.75) is 0 Å². The number of H-pyrrole nitrogens is 1. The number of aromatic amines is 1. The maximum Gasteiger partial charge on any atom is 0.254 e. The third kappa shape index (κ3) is 4.72. The Kier molecular flexibility index (Phi) is 6.98. The summed E-state index contributed by atoms with van der Waals surface area (Å²) >= 11 is 0. The SMILES string of the molecule is C=Cc1ccc(-c2c[nH]c3ncc(-c4cccc(C(=O)N5CCOCC5)c4)cc23)cc1.CN. The Morgan fingerprint density at radius 1 is 1.06 bits per heavy atom. The van der Waals surface area contributed by atoms with Crippen LogP contribution in [0.25, 0.3) is 39.4 Å². The molecule has 2 aromatic carbocycles. The molecule has 168 valence electrons. The summed E-state index contributed by atoms with van der Waals surface area (Å²) in [6.07, 6.45) is 5.67. The average molecular weight is 441 g/mol. The molecule has 0 spiro atoms. The van der Waals surface area contributed by atoms with Gasteiger partial charge in [0.1, 0.15) is 5.65 Å². The first-order chi connectivity index (χ1) is 16.2. The van der Waals surface area contributed by atoms with Crippen LogP contribution in [0.3, 0.4) is 0 Å². The maximum absolute atomic E-state index is 12.9. The number of nitrogens with zero attached hydrogens (tertiary/aromatic N) is 2. The number of morpholine rings is 1. The van der Waals surface area contributed by atoms with Gasteiger partial charge in [-0.2, -0.15) is 0 Å². The third-order valence-electron chi connectivity index (χ3n) is 5.73. The molecule has 0 bridgehead atoms. The van der Waals surface area contributed by atoms with Crippen molar-refractivity contribution in [3.63, 3.8) is 0 Å². The van der Waals surface area contributed by atoms with Crippen LogP contribution in [0.15, 0.2) is 73.6 Å². The van der Waals surface area contributed by atoms with E-state index in [1.54, 1.807) is 0 Å². The lowest BCUT2D eigenvalue weighted by Gasteiger charge is -2.27. The van der Waals surface area contributed by atoms with Gasteiger partial charge in [0.2, 0.25) is 0 Å². The van der Waals surface area contributed by atoms with Gasteiger partial charge in [-0.05, 0) is 41.9 Å². The number of fused-ring (bicyclic) bond motifs is 1. The van der Waals surface area contributed by atoms with Crippen molar-refractivity contribution < 1.29 is 9.53 Å². The number of carbonyl (C=O) groups excluding carboxylic acids is 1. The summed E-state index contributed by atoms with van der Waals surface area (Å²) in [6.45, 7) is 6.27. The summed E-state index contributed by atoms with van der Waals surface area (Å²) in [7, 11) is 1.50. The Bertz CT molecular complexity index is 1250. The van der Waals surface area contributed by atoms with Crippen molar-refractivity contribution in [3.05, 3.63) is 84.7 Å². The third-order valence-corrected chi connectivity index (χ3v) is 5.73. The number of hydrogen-bond acceptors (Lipinski definition) is 4. The van der Waals surface area contributed by atoms with E-state index in [2.05, 4.69) is 52.6 Å². The van der Waals surface area contributed by atoms with Crippen LogP contribution in [-0.2, 0) is 4.74 Å². The molecule has 6 heteroatoms. The Labute approximate surface area is 193 Å². The molecule has 33 heavy (non-hydrogen) atoms. The normalized spacial score (nSPS) is 13.3. The number of carbonyl (C=O) groups is 1. The smallest absolute Gasteiger partial charge is 0.254 e. The van der Waals surface area contributed by atoms with Crippen LogP contribution in [-0.4, -0.2) is 54.1 Å². The standard InChI is InChI=1S/C26H23N3O2.CH5N/c1-2-18-6-8-19(9-7-18)24-17-28-25-23(24)15-22(16-27-25)20-4-3-5-21(14-20)26(30)29-10-12-31-13-11-29;1-2/h2-9,14-17H,1,10-13H2,(H,27,28);2H2,1H3. The predicted octanol–water partition coefficient (Wildman–Crippen LogP) is 4.59. The Morgan fingerprint density at radius 3 is 2.55 bits per heavy atom. The van der Waals surface area contributed by atoms with Crippen LogP contribution in [0.4, 0.5) is 0 Å². The number of pyridine rings is 1. The monoisotopic (exact) mass is 440 g/mol. The van der Waals surface area contributed by atoms with Gasteiger partial charge in [-0.1, -0.05) is 49.1 Å². The number of hydrogen-bond donors (Lipinski definition) is 2. The summed E-state index contributed by atoms with van der Waals surface area (Å²) in [5.41, 5.74) is 11.3. The molecule has 5 rings (SSSR count). The van der Waals surface area contributed by atoms with Crippen LogP contribution in [0.2, 0.25) is 0 Å². The molecule has 0 atom stereocenters. The lowest BCUT2D eigenvalue weighted by Crippen LogP contribution is -2.40. The first-order valence-corrected chi connectivity index (χ1v) is 11.0. The van der Waals surface area contributed by atoms with Gasteiger partial charge in [-0.15, -0.1) is 0 Å². The Morgan fingerprint density at radius 2 is 1.82 bits per heavy atom. The predicted molar refractivity (Wildman–Crippen MR) is 134 cm³/mol. The number of nitrogens with one attached hydrogen (secondary N) is 1. The Balaban J connectivity index is 0.00000126. The van der Waals surface area contributed by atoms with E-state index in [0.29, 0.717) is 31.9 Å². The van der Waals surface area contributed by atoms with Crippen LogP contribution in [0.5, 0.6) is 0 Å². The summed E-state index contributed by atoms with van der Waals surface area (Å²) in [4.78, 5) is 22.6. The van der Waals surface area contributed by atoms with Gasteiger partial charge in [0.05, 0.1) is 13.2 Å². The average Bonchev–Trinajstić information content (AvgIpc) is 3.33. The van der Waals surface area contributed by atoms with E-state index in [-0.39, 0.29) is 5.91 Å². The lowest BCUT2D eigenvalue weighted by atomic mass is 10.00. The van der Waals surface area contributed by atoms with Crippen LogP contribution < -0.4 is 5.73 Å². The van der Waals surface area contributed by atoms with Crippen molar-refractivity contribution in [1.29, 1.82) is 0 Å². The second-order valence-electron chi connectivity index (χ2n) is 7.63. The van der Waals surface area contributed by atoms with Crippen molar-refractivity contribution in [2.75, 3.05) is 33.4 Å². The number of ether oxygens (including phenoxy) is 1. The molecule has 1 amide bonds. The largest absolute Gasteiger partial charge is 0.378 e. The lowest BCUT2D eigenvalue weighted by molar-refractivity contribution is 0.0303. The van der Waals surface area contributed by atoms with Crippen LogP contribution in [0.1, 0.15) is 15.9 Å². The molecule has 3 N–H and O–H groups in total. The molecule has 1 saturated heterocycles. The fourth-order valence-electron chi connectivity index (χ4n) is 3.98. The topological polar surface area (TPSA) is 84.2 Å². The molecule has 2 aromatic heterocycles. The number of nitrogens with two attached hydrogens (primary N) is 1. The summed E-state index contributed by atoms with van der Waals surface area (Å²) < 4.78 is 5.36. The second-order valence-corrected chi connectivity index (χ2v) is 7.63. The quantitative estimate of drug-likeness (QED) is 0.486. The molecule has 0 radical (unpaired) electrons. The molecule has 1 fully saturated rings. The van der Waals surface area contributed by atoms with E-state index >= 15 is 0 Å². The van der Waals surface area contributed by atoms with E-state index in [1.165, 1.54) is 7.05 Å². The minimum absolute atomic E-state index is 0.0452. The van der Waals surface area contributed by atoms with Crippen molar-refractivity contribution in [1.82, 2.24) is 14.9 Å². The van der Waals surface area contributed by atoms with Crippen molar-refractivity contribution in [3.8, 4) is 22.3 Å². The molecule has 1 aliphatic rings. The zero-order chi connectivity index (χ0) is 23.2. The van der Waals surface area contributed by atoms with E-state index in [1.807, 2.05) is 47.6 Å². The number of benzene rings is 2. The molecular formula is C27H28N4O2. The van der Waals surface area contributed by atoms with E-state index < -0.39 is 0 Å². The van der Waals surface area contributed by atoms with Crippen molar-refractivity contribution in [2.24, 2.45) is 5.73 Å². The Hall–Kier alpha value is -3.74. The highest BCUT2D eigenvalue weighted by Gasteiger charge is 2.19. The maximum atomic E-state index is 12.9. The van der Waals surface area contributed by atoms with Crippen LogP contribution >= 0.6 is 0 Å². The fraction of sp³-hybridized carbons (Fsp3) is 0.185. The van der Waals surface area contributed by atoms with E-state index in [9.17, 15) is 4.79 Å². The molecule has 1 aliphatic heterocycles. The molecule has 4 aromatic rings. The zero-order valence-electron chi connectivity index (χ0n) is 18.8. The highest BCUT2D eigenvalue weighted by atomic mass is 16.5. The van der Waals surface area contributed by atoms with Gasteiger partial charge in [0, 0.05) is 47.6 Å². The molecule has 0 saturated carbocycles. The molecule has 6 nitrogen and oxygen atoms in total. The fourth-order valence-corrected chi connectivity index (χ4v) is 3.98. The minimum Gasteiger partial charge on any atom is -0.378 e. The van der Waals surface area contributed by atoms with Gasteiger partial charge in [-0.3, -0.25) is 4.79 Å². The van der Waals surface area contributed by atoms with Gasteiger partial charge < -0.3 is 20.4 Å². The molecule has 0 unspecified atom stereocenters.